The van der Waals surface area contributed by atoms with Crippen molar-refractivity contribution in [3.05, 3.63) is 24.2 Å². The summed E-state index contributed by atoms with van der Waals surface area (Å²) in [5.74, 6) is -0.0859. The molecule has 1 saturated heterocycles. The Bertz CT molecular complexity index is 523. The maximum absolute atomic E-state index is 14.8. The fraction of sp³-hybridized carbons (Fsp3) is 0.600. The zero-order valence-electron chi connectivity index (χ0n) is 13.1. The van der Waals surface area contributed by atoms with E-state index in [9.17, 15) is 14.0 Å². The predicted molar refractivity (Wildman–Crippen MR) is 80.5 cm³/mol. The third-order valence-corrected chi connectivity index (χ3v) is 3.72. The third kappa shape index (κ3) is 4.69. The molecule has 1 aromatic rings. The van der Waals surface area contributed by atoms with Crippen LogP contribution in [-0.2, 0) is 16.1 Å². The summed E-state index contributed by atoms with van der Waals surface area (Å²) >= 11 is 0. The van der Waals surface area contributed by atoms with Crippen LogP contribution in [0.15, 0.2) is 22.8 Å². The van der Waals surface area contributed by atoms with Gasteiger partial charge in [0.1, 0.15) is 5.76 Å². The second-order valence-electron chi connectivity index (χ2n) is 5.48. The SMILES string of the molecule is COCCNC(=O)C1(F)CCCN(C(=O)NCc2ccco2)C1. The number of rotatable bonds is 6. The molecule has 0 aromatic carbocycles. The standard InChI is InChI=1S/C15H22FN3O4/c1-22-9-6-17-13(20)15(16)5-3-7-19(11-15)14(21)18-10-12-4-2-8-23-12/h2,4,8H,3,5-7,9-11H2,1H3,(H,17,20)(H,18,21). The highest BCUT2D eigenvalue weighted by Gasteiger charge is 2.43. The first-order valence-electron chi connectivity index (χ1n) is 7.56. The summed E-state index contributed by atoms with van der Waals surface area (Å²) in [4.78, 5) is 25.4. The van der Waals surface area contributed by atoms with Crippen LogP contribution in [0, 0.1) is 0 Å². The molecule has 2 rings (SSSR count). The number of furan rings is 1. The lowest BCUT2D eigenvalue weighted by Gasteiger charge is -2.36. The van der Waals surface area contributed by atoms with Crippen LogP contribution >= 0.6 is 0 Å². The number of hydrogen-bond donors (Lipinski definition) is 2. The quantitative estimate of drug-likeness (QED) is 0.765. The van der Waals surface area contributed by atoms with E-state index >= 15 is 0 Å². The fourth-order valence-electron chi connectivity index (χ4n) is 2.48. The molecule has 0 saturated carbocycles. The Morgan fingerprint density at radius 3 is 3.00 bits per heavy atom. The van der Waals surface area contributed by atoms with E-state index in [-0.39, 0.29) is 26.1 Å². The van der Waals surface area contributed by atoms with E-state index in [1.807, 2.05) is 0 Å². The van der Waals surface area contributed by atoms with Gasteiger partial charge in [-0.15, -0.1) is 0 Å². The Morgan fingerprint density at radius 2 is 2.30 bits per heavy atom. The molecule has 2 heterocycles. The average Bonchev–Trinajstić information content (AvgIpc) is 3.06. The monoisotopic (exact) mass is 327 g/mol. The molecular weight excluding hydrogens is 305 g/mol. The van der Waals surface area contributed by atoms with E-state index in [0.29, 0.717) is 25.3 Å². The van der Waals surface area contributed by atoms with Gasteiger partial charge in [-0.2, -0.15) is 0 Å². The maximum Gasteiger partial charge on any atom is 0.317 e. The smallest absolute Gasteiger partial charge is 0.317 e. The van der Waals surface area contributed by atoms with Gasteiger partial charge in [-0.1, -0.05) is 0 Å². The van der Waals surface area contributed by atoms with Crippen LogP contribution in [0.5, 0.6) is 0 Å². The summed E-state index contributed by atoms with van der Waals surface area (Å²) in [6.45, 7) is 0.944. The number of carbonyl (C=O) groups is 2. The first-order chi connectivity index (χ1) is 11.0. The number of nitrogens with zero attached hydrogens (tertiary/aromatic N) is 1. The van der Waals surface area contributed by atoms with Crippen molar-refractivity contribution in [3.63, 3.8) is 0 Å². The van der Waals surface area contributed by atoms with Crippen molar-refractivity contribution in [1.29, 1.82) is 0 Å². The topological polar surface area (TPSA) is 83.8 Å². The number of likely N-dealkylation sites (tertiary alicyclic amines) is 1. The molecule has 0 aliphatic carbocycles. The van der Waals surface area contributed by atoms with E-state index in [2.05, 4.69) is 10.6 Å². The molecule has 1 atom stereocenters. The fourth-order valence-corrected chi connectivity index (χ4v) is 2.48. The molecule has 3 amide bonds. The molecule has 0 radical (unpaired) electrons. The third-order valence-electron chi connectivity index (χ3n) is 3.72. The van der Waals surface area contributed by atoms with Gasteiger partial charge in [-0.05, 0) is 25.0 Å². The number of amides is 3. The Balaban J connectivity index is 1.85. The lowest BCUT2D eigenvalue weighted by atomic mass is 9.94. The van der Waals surface area contributed by atoms with Crippen molar-refractivity contribution in [2.45, 2.75) is 25.1 Å². The molecule has 1 aliphatic rings. The number of nitrogens with one attached hydrogen (secondary N) is 2. The highest BCUT2D eigenvalue weighted by molar-refractivity contribution is 5.86. The molecule has 1 fully saturated rings. The second-order valence-corrected chi connectivity index (χ2v) is 5.48. The summed E-state index contributed by atoms with van der Waals surface area (Å²) < 4.78 is 24.8. The highest BCUT2D eigenvalue weighted by Crippen LogP contribution is 2.25. The molecule has 1 unspecified atom stereocenters. The number of urea groups is 1. The van der Waals surface area contributed by atoms with Crippen LogP contribution in [0.2, 0.25) is 0 Å². The van der Waals surface area contributed by atoms with E-state index in [1.165, 1.54) is 18.3 Å². The van der Waals surface area contributed by atoms with Crippen molar-refractivity contribution in [2.24, 2.45) is 0 Å². The Hall–Kier alpha value is -2.09. The Morgan fingerprint density at radius 1 is 1.48 bits per heavy atom. The molecule has 7 nitrogen and oxygen atoms in total. The van der Waals surface area contributed by atoms with Crippen molar-refractivity contribution < 1.29 is 23.1 Å². The lowest BCUT2D eigenvalue weighted by Crippen LogP contribution is -2.57. The van der Waals surface area contributed by atoms with Gasteiger partial charge in [0.25, 0.3) is 5.91 Å². The second kappa shape index (κ2) is 7.96. The summed E-state index contributed by atoms with van der Waals surface area (Å²) in [6, 6.07) is 3.05. The van der Waals surface area contributed by atoms with Gasteiger partial charge in [0.2, 0.25) is 5.67 Å². The van der Waals surface area contributed by atoms with Crippen molar-refractivity contribution in [1.82, 2.24) is 15.5 Å². The maximum atomic E-state index is 14.8. The molecule has 128 valence electrons. The van der Waals surface area contributed by atoms with Gasteiger partial charge in [-0.3, -0.25) is 4.79 Å². The Labute approximate surface area is 134 Å². The van der Waals surface area contributed by atoms with E-state index in [1.54, 1.807) is 12.1 Å². The minimum absolute atomic E-state index is 0.105. The van der Waals surface area contributed by atoms with E-state index in [0.717, 1.165) is 0 Å². The van der Waals surface area contributed by atoms with Crippen LogP contribution in [0.1, 0.15) is 18.6 Å². The molecule has 2 N–H and O–H groups in total. The number of halogens is 1. The van der Waals surface area contributed by atoms with E-state index < -0.39 is 17.6 Å². The summed E-state index contributed by atoms with van der Waals surface area (Å²) in [6.07, 6.45) is 2.05. The minimum Gasteiger partial charge on any atom is -0.467 e. The zero-order chi connectivity index (χ0) is 16.7. The van der Waals surface area contributed by atoms with Crippen molar-refractivity contribution in [3.8, 4) is 0 Å². The molecule has 1 aromatic heterocycles. The number of ether oxygens (including phenoxy) is 1. The van der Waals surface area contributed by atoms with Gasteiger partial charge in [0.05, 0.1) is 26.0 Å². The number of piperidine rings is 1. The molecule has 1 aliphatic heterocycles. The average molecular weight is 327 g/mol. The molecule has 0 bridgehead atoms. The Kier molecular flexibility index (Phi) is 5.97. The molecule has 8 heteroatoms. The molecular formula is C15H22FN3O4. The highest BCUT2D eigenvalue weighted by atomic mass is 19.1. The van der Waals surface area contributed by atoms with Gasteiger partial charge in [0, 0.05) is 20.2 Å². The molecule has 0 spiro atoms. The summed E-state index contributed by atoms with van der Waals surface area (Å²) in [5.41, 5.74) is -2.06. The van der Waals surface area contributed by atoms with E-state index in [4.69, 9.17) is 9.15 Å². The number of hydrogen-bond acceptors (Lipinski definition) is 4. The number of carbonyl (C=O) groups excluding carboxylic acids is 2. The van der Waals surface area contributed by atoms with Crippen LogP contribution < -0.4 is 10.6 Å². The minimum atomic E-state index is -2.06. The van der Waals surface area contributed by atoms with Gasteiger partial charge < -0.3 is 24.7 Å². The van der Waals surface area contributed by atoms with Crippen LogP contribution in [-0.4, -0.2) is 55.9 Å². The largest absolute Gasteiger partial charge is 0.467 e. The van der Waals surface area contributed by atoms with Crippen molar-refractivity contribution in [2.75, 3.05) is 33.4 Å². The normalized spacial score (nSPS) is 21.0. The van der Waals surface area contributed by atoms with Crippen LogP contribution in [0.4, 0.5) is 9.18 Å². The molecule has 23 heavy (non-hydrogen) atoms. The van der Waals surface area contributed by atoms with Gasteiger partial charge in [0.15, 0.2) is 0 Å². The summed E-state index contributed by atoms with van der Waals surface area (Å²) in [7, 11) is 1.50. The van der Waals surface area contributed by atoms with Gasteiger partial charge >= 0.3 is 6.03 Å². The first kappa shape index (κ1) is 17.3. The predicted octanol–water partition coefficient (Wildman–Crippen LogP) is 1.06. The number of alkyl halides is 1. The first-order valence-corrected chi connectivity index (χ1v) is 7.56. The summed E-state index contributed by atoms with van der Waals surface area (Å²) in [5, 5.41) is 5.15. The number of methoxy groups -OCH3 is 1. The lowest BCUT2D eigenvalue weighted by molar-refractivity contribution is -0.136. The van der Waals surface area contributed by atoms with Crippen LogP contribution in [0.25, 0.3) is 0 Å². The van der Waals surface area contributed by atoms with Gasteiger partial charge in [-0.25, -0.2) is 9.18 Å². The van der Waals surface area contributed by atoms with Crippen molar-refractivity contribution >= 4 is 11.9 Å². The zero-order valence-corrected chi connectivity index (χ0v) is 13.1. The van der Waals surface area contributed by atoms with Crippen LogP contribution in [0.3, 0.4) is 0 Å².